The molecule has 0 unspecified atom stereocenters. The summed E-state index contributed by atoms with van der Waals surface area (Å²) in [6.45, 7) is 31.7. The summed E-state index contributed by atoms with van der Waals surface area (Å²) in [5.74, 6) is -0.504. The molecule has 0 radical (unpaired) electrons. The molecule has 1 aliphatic rings. The second-order valence-electron chi connectivity index (χ2n) is 13.4. The first-order valence-electron chi connectivity index (χ1n) is 14.4. The molecule has 0 aromatic carbocycles. The molecular formula is C30H60O4Si2. The first-order chi connectivity index (χ1) is 16.4. The van der Waals surface area contributed by atoms with Gasteiger partial charge in [-0.25, -0.2) is 0 Å². The molecule has 1 aliphatic heterocycles. The van der Waals surface area contributed by atoms with Gasteiger partial charge in [-0.2, -0.15) is 0 Å². The minimum absolute atomic E-state index is 0.0735. The highest BCUT2D eigenvalue weighted by Gasteiger charge is 2.45. The van der Waals surface area contributed by atoms with Crippen LogP contribution in [0.5, 0.6) is 0 Å². The molecule has 0 aromatic heterocycles. The van der Waals surface area contributed by atoms with Crippen LogP contribution in [-0.4, -0.2) is 46.3 Å². The summed E-state index contributed by atoms with van der Waals surface area (Å²) in [7, 11) is -3.60. The van der Waals surface area contributed by atoms with E-state index in [1.54, 1.807) is 0 Å². The molecule has 0 bridgehead atoms. The topological polar surface area (TPSA) is 36.9 Å². The largest absolute Gasteiger partial charge is 0.412 e. The summed E-state index contributed by atoms with van der Waals surface area (Å²) in [6, 6.07) is 3.50. The van der Waals surface area contributed by atoms with Crippen molar-refractivity contribution in [1.29, 1.82) is 0 Å². The van der Waals surface area contributed by atoms with Crippen molar-refractivity contribution in [3.05, 3.63) is 24.8 Å². The smallest absolute Gasteiger partial charge is 0.193 e. The van der Waals surface area contributed by atoms with Crippen LogP contribution < -0.4 is 0 Å². The summed E-state index contributed by atoms with van der Waals surface area (Å²) in [4.78, 5) is 0. The van der Waals surface area contributed by atoms with Crippen LogP contribution in [0.2, 0.25) is 36.3 Å². The van der Waals surface area contributed by atoms with Gasteiger partial charge in [-0.1, -0.05) is 59.8 Å². The van der Waals surface area contributed by atoms with E-state index in [1.807, 2.05) is 19.9 Å². The fourth-order valence-electron chi connectivity index (χ4n) is 4.96. The van der Waals surface area contributed by atoms with E-state index in [1.165, 1.54) is 18.1 Å². The van der Waals surface area contributed by atoms with E-state index < -0.39 is 22.4 Å². The van der Waals surface area contributed by atoms with Gasteiger partial charge in [-0.15, -0.1) is 6.58 Å². The Morgan fingerprint density at radius 2 is 1.44 bits per heavy atom. The van der Waals surface area contributed by atoms with Gasteiger partial charge in [0.1, 0.15) is 0 Å². The Hall–Kier alpha value is -0.246. The van der Waals surface area contributed by atoms with Gasteiger partial charge in [-0.05, 0) is 89.6 Å². The van der Waals surface area contributed by atoms with Crippen molar-refractivity contribution in [3.63, 3.8) is 0 Å². The summed E-state index contributed by atoms with van der Waals surface area (Å²) >= 11 is 0. The van der Waals surface area contributed by atoms with Crippen LogP contribution in [0.4, 0.5) is 0 Å². The molecule has 1 fully saturated rings. The minimum Gasteiger partial charge on any atom is -0.412 e. The SMILES string of the molecule is C=C[C@@](C)(CC/C=C/CC[C@@](C)(C[C@@H]1COC(C)(C)O1)O[Si](C)(C)C(C)(C)C)O[Si](CC)(CC)CC. The van der Waals surface area contributed by atoms with Gasteiger partial charge >= 0.3 is 0 Å². The van der Waals surface area contributed by atoms with Crippen LogP contribution >= 0.6 is 0 Å². The average molecular weight is 541 g/mol. The molecule has 36 heavy (non-hydrogen) atoms. The van der Waals surface area contributed by atoms with Crippen molar-refractivity contribution in [1.82, 2.24) is 0 Å². The van der Waals surface area contributed by atoms with Crippen LogP contribution in [0.3, 0.4) is 0 Å². The van der Waals surface area contributed by atoms with E-state index in [2.05, 4.69) is 87.2 Å². The Morgan fingerprint density at radius 1 is 0.917 bits per heavy atom. The number of hydrogen-bond acceptors (Lipinski definition) is 4. The van der Waals surface area contributed by atoms with Crippen molar-refractivity contribution in [3.8, 4) is 0 Å². The molecule has 0 aromatic rings. The molecule has 3 atom stereocenters. The Labute approximate surface area is 226 Å². The van der Waals surface area contributed by atoms with Gasteiger partial charge in [0.05, 0.1) is 23.9 Å². The normalized spacial score (nSPS) is 22.5. The Bertz CT molecular complexity index is 700. The predicted octanol–water partition coefficient (Wildman–Crippen LogP) is 9.39. The summed E-state index contributed by atoms with van der Waals surface area (Å²) in [5.41, 5.74) is -0.486. The zero-order valence-corrected chi connectivity index (χ0v) is 28.0. The lowest BCUT2D eigenvalue weighted by Crippen LogP contribution is -2.50. The van der Waals surface area contributed by atoms with Crippen molar-refractivity contribution in [2.45, 2.75) is 161 Å². The standard InChI is InChI=1S/C30H60O4Si2/c1-14-29(10,34-36(15-2,16-3)17-4)22-20-18-19-21-23-30(11,33-35(12,13)27(5,6)7)24-26-25-31-28(8,9)32-26/h14,18-19,26H,1,15-17,20-25H2,2-13H3/b19-18+/t26-,29+,30+/m1/s1. The van der Waals surface area contributed by atoms with Gasteiger partial charge in [0.25, 0.3) is 0 Å². The van der Waals surface area contributed by atoms with Crippen molar-refractivity contribution < 1.29 is 18.3 Å². The molecule has 4 nitrogen and oxygen atoms in total. The molecule has 1 heterocycles. The van der Waals surface area contributed by atoms with Gasteiger partial charge in [-0.3, -0.25) is 0 Å². The number of ether oxygens (including phenoxy) is 2. The molecule has 0 spiro atoms. The zero-order chi connectivity index (χ0) is 27.9. The van der Waals surface area contributed by atoms with Crippen LogP contribution in [0.15, 0.2) is 24.8 Å². The van der Waals surface area contributed by atoms with Gasteiger partial charge in [0.15, 0.2) is 22.4 Å². The summed E-state index contributed by atoms with van der Waals surface area (Å²) in [6.07, 6.45) is 11.5. The van der Waals surface area contributed by atoms with E-state index >= 15 is 0 Å². The maximum Gasteiger partial charge on any atom is 0.193 e. The third-order valence-corrected chi connectivity index (χ3v) is 18.0. The molecule has 0 amide bonds. The number of allylic oxidation sites excluding steroid dienone is 2. The van der Waals surface area contributed by atoms with Crippen LogP contribution in [-0.2, 0) is 18.3 Å². The third kappa shape index (κ3) is 10.1. The van der Waals surface area contributed by atoms with Crippen molar-refractivity contribution in [2.24, 2.45) is 0 Å². The lowest BCUT2D eigenvalue weighted by Gasteiger charge is -2.45. The van der Waals surface area contributed by atoms with Crippen LogP contribution in [0.1, 0.15) is 101 Å². The highest BCUT2D eigenvalue weighted by molar-refractivity contribution is 6.74. The summed E-state index contributed by atoms with van der Waals surface area (Å²) < 4.78 is 25.9. The van der Waals surface area contributed by atoms with Gasteiger partial charge in [0.2, 0.25) is 0 Å². The zero-order valence-electron chi connectivity index (χ0n) is 26.0. The first-order valence-corrected chi connectivity index (χ1v) is 19.8. The van der Waals surface area contributed by atoms with Gasteiger partial charge in [0, 0.05) is 6.42 Å². The lowest BCUT2D eigenvalue weighted by atomic mass is 9.93. The van der Waals surface area contributed by atoms with Crippen LogP contribution in [0.25, 0.3) is 0 Å². The predicted molar refractivity (Wildman–Crippen MR) is 161 cm³/mol. The second-order valence-corrected chi connectivity index (χ2v) is 22.8. The molecule has 6 heteroatoms. The Balaban J connectivity index is 2.80. The fraction of sp³-hybridized carbons (Fsp3) is 0.867. The second kappa shape index (κ2) is 13.2. The minimum atomic E-state index is -1.93. The quantitative estimate of drug-likeness (QED) is 0.144. The molecule has 1 rings (SSSR count). The monoisotopic (exact) mass is 540 g/mol. The van der Waals surface area contributed by atoms with Crippen molar-refractivity contribution >= 4 is 16.6 Å². The third-order valence-electron chi connectivity index (χ3n) is 8.66. The first kappa shape index (κ1) is 33.8. The number of rotatable bonds is 16. The fourth-order valence-corrected chi connectivity index (χ4v) is 9.79. The highest BCUT2D eigenvalue weighted by atomic mass is 28.4. The Kier molecular flexibility index (Phi) is 12.4. The van der Waals surface area contributed by atoms with E-state index in [4.69, 9.17) is 18.3 Å². The molecular weight excluding hydrogens is 480 g/mol. The molecule has 1 saturated heterocycles. The average Bonchev–Trinajstić information content (AvgIpc) is 3.11. The maximum absolute atomic E-state index is 7.03. The van der Waals surface area contributed by atoms with E-state index in [0.29, 0.717) is 6.61 Å². The molecule has 0 aliphatic carbocycles. The van der Waals surface area contributed by atoms with Crippen LogP contribution in [0, 0.1) is 0 Å². The maximum atomic E-state index is 7.03. The summed E-state index contributed by atoms with van der Waals surface area (Å²) in [5, 5.41) is 0.166. The van der Waals surface area contributed by atoms with Crippen molar-refractivity contribution in [2.75, 3.05) is 6.61 Å². The molecule has 212 valence electrons. The van der Waals surface area contributed by atoms with E-state index in [-0.39, 0.29) is 22.3 Å². The molecule has 0 N–H and O–H groups in total. The number of hydrogen-bond donors (Lipinski definition) is 0. The van der Waals surface area contributed by atoms with Gasteiger partial charge < -0.3 is 18.3 Å². The highest BCUT2D eigenvalue weighted by Crippen LogP contribution is 2.42. The van der Waals surface area contributed by atoms with E-state index in [0.717, 1.165) is 32.1 Å². The lowest BCUT2D eigenvalue weighted by molar-refractivity contribution is -0.144. The Morgan fingerprint density at radius 3 is 1.86 bits per heavy atom. The van der Waals surface area contributed by atoms with E-state index in [9.17, 15) is 0 Å². The molecule has 0 saturated carbocycles.